The van der Waals surface area contributed by atoms with Gasteiger partial charge < -0.3 is 20.9 Å². The van der Waals surface area contributed by atoms with Gasteiger partial charge in [-0.2, -0.15) is 13.2 Å². The predicted molar refractivity (Wildman–Crippen MR) is 107 cm³/mol. The molecule has 1 aromatic carbocycles. The van der Waals surface area contributed by atoms with E-state index in [-0.39, 0.29) is 11.8 Å². The smallest absolute Gasteiger partial charge is 0.361 e. The Kier molecular flexibility index (Phi) is 6.70. The maximum atomic E-state index is 13.4. The van der Waals surface area contributed by atoms with Crippen molar-refractivity contribution in [1.82, 2.24) is 25.6 Å². The third kappa shape index (κ3) is 5.58. The molecule has 2 aromatic heterocycles. The molecule has 0 bridgehead atoms. The summed E-state index contributed by atoms with van der Waals surface area (Å²) in [5, 5.41) is 9.75. The summed E-state index contributed by atoms with van der Waals surface area (Å²) in [6.07, 6.45) is -0.954. The Labute approximate surface area is 170 Å². The number of halogens is 4. The van der Waals surface area contributed by atoms with Crippen LogP contribution in [-0.2, 0) is 12.6 Å². The number of aromatic amines is 1. The molecule has 160 valence electrons. The molecule has 0 saturated carbocycles. The summed E-state index contributed by atoms with van der Waals surface area (Å²) in [6, 6.07) is 5.42. The van der Waals surface area contributed by atoms with Gasteiger partial charge in [-0.15, -0.1) is 0 Å². The average Bonchev–Trinajstić information content (AvgIpc) is 3.11. The van der Waals surface area contributed by atoms with E-state index in [1.165, 1.54) is 12.1 Å². The molecule has 0 unspecified atom stereocenters. The summed E-state index contributed by atoms with van der Waals surface area (Å²) in [5.41, 5.74) is 0.857. The zero-order valence-corrected chi connectivity index (χ0v) is 16.1. The van der Waals surface area contributed by atoms with Crippen LogP contribution in [0.25, 0.3) is 10.9 Å². The third-order valence-corrected chi connectivity index (χ3v) is 4.29. The van der Waals surface area contributed by atoms with E-state index in [0.717, 1.165) is 28.7 Å². The lowest BCUT2D eigenvalue weighted by molar-refractivity contribution is -0.141. The van der Waals surface area contributed by atoms with E-state index in [0.29, 0.717) is 32.0 Å². The van der Waals surface area contributed by atoms with Crippen molar-refractivity contribution in [2.24, 2.45) is 4.99 Å². The van der Waals surface area contributed by atoms with Crippen molar-refractivity contribution in [2.45, 2.75) is 12.6 Å². The Morgan fingerprint density at radius 1 is 1.13 bits per heavy atom. The number of hydrogen-bond donors (Lipinski definition) is 4. The van der Waals surface area contributed by atoms with Crippen molar-refractivity contribution in [1.29, 1.82) is 0 Å². The number of rotatable bonds is 7. The van der Waals surface area contributed by atoms with Crippen molar-refractivity contribution in [3.05, 3.63) is 53.7 Å². The number of nitrogens with one attached hydrogen (secondary N) is 4. The van der Waals surface area contributed by atoms with Crippen molar-refractivity contribution in [3.8, 4) is 0 Å². The standard InChI is InChI=1S/C19H21F4N7/c1-24-17(25-6-4-12-11-29-15-3-2-13(20)10-14(12)15)27-8-9-28-18-26-7-5-16(30-18)19(21,22)23/h2-3,5,7,10-11,29H,4,6,8-9H2,1H3,(H2,24,25,27)(H,26,28,30). The topological polar surface area (TPSA) is 90.0 Å². The monoisotopic (exact) mass is 423 g/mol. The maximum Gasteiger partial charge on any atom is 0.433 e. The number of nitrogens with zero attached hydrogens (tertiary/aromatic N) is 3. The molecule has 30 heavy (non-hydrogen) atoms. The molecule has 0 saturated heterocycles. The van der Waals surface area contributed by atoms with Gasteiger partial charge in [-0.1, -0.05) is 0 Å². The van der Waals surface area contributed by atoms with Gasteiger partial charge in [-0.3, -0.25) is 4.99 Å². The Morgan fingerprint density at radius 3 is 2.70 bits per heavy atom. The lowest BCUT2D eigenvalue weighted by Crippen LogP contribution is -2.40. The van der Waals surface area contributed by atoms with Crippen molar-refractivity contribution in [3.63, 3.8) is 0 Å². The van der Waals surface area contributed by atoms with Crippen molar-refractivity contribution in [2.75, 3.05) is 32.0 Å². The summed E-state index contributed by atoms with van der Waals surface area (Å²) in [4.78, 5) is 14.4. The molecule has 11 heteroatoms. The van der Waals surface area contributed by atoms with Crippen LogP contribution in [0.15, 0.2) is 41.7 Å². The van der Waals surface area contributed by atoms with Crippen LogP contribution in [0.2, 0.25) is 0 Å². The highest BCUT2D eigenvalue weighted by Crippen LogP contribution is 2.27. The van der Waals surface area contributed by atoms with Crippen LogP contribution in [0.1, 0.15) is 11.3 Å². The zero-order chi connectivity index (χ0) is 21.6. The first-order valence-electron chi connectivity index (χ1n) is 9.21. The lowest BCUT2D eigenvalue weighted by atomic mass is 10.1. The fraction of sp³-hybridized carbons (Fsp3) is 0.316. The van der Waals surface area contributed by atoms with E-state index < -0.39 is 11.9 Å². The Balaban J connectivity index is 1.42. The fourth-order valence-electron chi connectivity index (χ4n) is 2.85. The Hall–Kier alpha value is -3.37. The largest absolute Gasteiger partial charge is 0.433 e. The van der Waals surface area contributed by atoms with Crippen molar-refractivity contribution < 1.29 is 17.6 Å². The minimum Gasteiger partial charge on any atom is -0.361 e. The molecular weight excluding hydrogens is 402 g/mol. The SMILES string of the molecule is CN=C(NCCNc1nccc(C(F)(F)F)n1)NCCc1c[nH]c2ccc(F)cc12. The second-order valence-electron chi connectivity index (χ2n) is 6.37. The highest BCUT2D eigenvalue weighted by molar-refractivity contribution is 5.83. The van der Waals surface area contributed by atoms with Gasteiger partial charge in [0, 0.05) is 50.0 Å². The number of alkyl halides is 3. The van der Waals surface area contributed by atoms with Gasteiger partial charge in [0.15, 0.2) is 5.96 Å². The first-order chi connectivity index (χ1) is 14.4. The number of hydrogen-bond acceptors (Lipinski definition) is 4. The van der Waals surface area contributed by atoms with Crippen LogP contribution in [0, 0.1) is 5.82 Å². The van der Waals surface area contributed by atoms with Crippen LogP contribution in [0.4, 0.5) is 23.5 Å². The van der Waals surface area contributed by atoms with E-state index in [4.69, 9.17) is 0 Å². The molecule has 0 radical (unpaired) electrons. The molecule has 0 atom stereocenters. The molecule has 3 rings (SSSR count). The zero-order valence-electron chi connectivity index (χ0n) is 16.1. The quantitative estimate of drug-likeness (QED) is 0.203. The van der Waals surface area contributed by atoms with Crippen LogP contribution < -0.4 is 16.0 Å². The van der Waals surface area contributed by atoms with Gasteiger partial charge in [-0.25, -0.2) is 14.4 Å². The molecule has 0 aliphatic heterocycles. The van der Waals surface area contributed by atoms with Crippen LogP contribution in [-0.4, -0.2) is 47.6 Å². The van der Waals surface area contributed by atoms with Crippen LogP contribution >= 0.6 is 0 Å². The van der Waals surface area contributed by atoms with Gasteiger partial charge in [0.2, 0.25) is 5.95 Å². The second kappa shape index (κ2) is 9.42. The Bertz CT molecular complexity index is 1010. The van der Waals surface area contributed by atoms with Gasteiger partial charge in [0.25, 0.3) is 0 Å². The molecule has 7 nitrogen and oxygen atoms in total. The molecular formula is C19H21F4N7. The number of benzene rings is 1. The summed E-state index contributed by atoms with van der Waals surface area (Å²) in [7, 11) is 1.61. The molecule has 0 spiro atoms. The van der Waals surface area contributed by atoms with E-state index in [2.05, 4.69) is 35.9 Å². The van der Waals surface area contributed by atoms with E-state index in [1.807, 2.05) is 6.20 Å². The van der Waals surface area contributed by atoms with Gasteiger partial charge >= 0.3 is 6.18 Å². The Morgan fingerprint density at radius 2 is 1.93 bits per heavy atom. The molecule has 0 fully saturated rings. The summed E-state index contributed by atoms with van der Waals surface area (Å²) in [6.45, 7) is 1.24. The summed E-state index contributed by atoms with van der Waals surface area (Å²) < 4.78 is 51.4. The van der Waals surface area contributed by atoms with E-state index in [1.54, 1.807) is 13.1 Å². The average molecular weight is 423 g/mol. The molecule has 4 N–H and O–H groups in total. The number of guanidine groups is 1. The van der Waals surface area contributed by atoms with Gasteiger partial charge in [-0.05, 0) is 36.2 Å². The maximum absolute atomic E-state index is 13.4. The van der Waals surface area contributed by atoms with E-state index in [9.17, 15) is 17.6 Å². The lowest BCUT2D eigenvalue weighted by Gasteiger charge is -2.12. The number of H-pyrrole nitrogens is 1. The minimum atomic E-state index is -4.51. The summed E-state index contributed by atoms with van der Waals surface area (Å²) in [5.74, 6) is 0.153. The number of fused-ring (bicyclic) bond motifs is 1. The predicted octanol–water partition coefficient (Wildman–Crippen LogP) is 2.94. The molecule has 2 heterocycles. The third-order valence-electron chi connectivity index (χ3n) is 4.29. The molecule has 0 aliphatic carbocycles. The number of anilines is 1. The highest BCUT2D eigenvalue weighted by Gasteiger charge is 2.32. The molecule has 0 aliphatic rings. The van der Waals surface area contributed by atoms with Gasteiger partial charge in [0.05, 0.1) is 0 Å². The first-order valence-corrected chi connectivity index (χ1v) is 9.21. The van der Waals surface area contributed by atoms with Gasteiger partial charge in [0.1, 0.15) is 11.5 Å². The summed E-state index contributed by atoms with van der Waals surface area (Å²) >= 11 is 0. The van der Waals surface area contributed by atoms with E-state index >= 15 is 0 Å². The van der Waals surface area contributed by atoms with Crippen molar-refractivity contribution >= 4 is 22.8 Å². The normalized spacial score (nSPS) is 12.2. The fourth-order valence-corrected chi connectivity index (χ4v) is 2.85. The number of aliphatic imine (C=N–C) groups is 1. The minimum absolute atomic E-state index is 0.0962. The second-order valence-corrected chi connectivity index (χ2v) is 6.37. The molecule has 3 aromatic rings. The first kappa shape index (κ1) is 21.3. The number of aromatic nitrogens is 3. The highest BCUT2D eigenvalue weighted by atomic mass is 19.4. The molecule has 0 amide bonds. The van der Waals surface area contributed by atoms with Crippen LogP contribution in [0.3, 0.4) is 0 Å². The van der Waals surface area contributed by atoms with Crippen LogP contribution in [0.5, 0.6) is 0 Å².